The molecule has 0 unspecified atom stereocenters. The molecule has 1 N–H and O–H groups in total. The number of carbonyl (C=O) groups excluding carboxylic acids is 1. The summed E-state index contributed by atoms with van der Waals surface area (Å²) in [5.74, 6) is 0.122. The molecule has 0 saturated heterocycles. The maximum absolute atomic E-state index is 12.3. The van der Waals surface area contributed by atoms with Crippen molar-refractivity contribution in [3.63, 3.8) is 0 Å². The largest absolute Gasteiger partial charge is 0.431 e. The van der Waals surface area contributed by atoms with E-state index in [0.29, 0.717) is 5.22 Å². The van der Waals surface area contributed by atoms with Crippen molar-refractivity contribution in [3.05, 3.63) is 72.3 Å². The number of rotatable bonds is 5. The van der Waals surface area contributed by atoms with Crippen LogP contribution in [0, 0.1) is 6.92 Å². The molecular formula is C23H17N3O2S2. The van der Waals surface area contributed by atoms with Gasteiger partial charge >= 0.3 is 0 Å². The molecule has 0 bridgehead atoms. The quantitative estimate of drug-likeness (QED) is 0.338. The SMILES string of the molecule is Cc1ccc2nc(-c3ccc(NC(=O)CSc4nc5ccccc5o4)cc3)sc2c1. The fourth-order valence-electron chi connectivity index (χ4n) is 3.09. The topological polar surface area (TPSA) is 68.0 Å². The second-order valence-corrected chi connectivity index (χ2v) is 8.81. The van der Waals surface area contributed by atoms with Gasteiger partial charge in [0.25, 0.3) is 5.22 Å². The zero-order valence-electron chi connectivity index (χ0n) is 16.1. The van der Waals surface area contributed by atoms with Crippen molar-refractivity contribution in [2.45, 2.75) is 12.1 Å². The second kappa shape index (κ2) is 7.93. The molecule has 0 aliphatic carbocycles. The van der Waals surface area contributed by atoms with Crippen LogP contribution in [0.3, 0.4) is 0 Å². The molecule has 5 rings (SSSR count). The first-order valence-corrected chi connectivity index (χ1v) is 11.2. The average molecular weight is 432 g/mol. The van der Waals surface area contributed by atoms with Gasteiger partial charge in [-0.3, -0.25) is 4.79 Å². The zero-order valence-corrected chi connectivity index (χ0v) is 17.7. The summed E-state index contributed by atoms with van der Waals surface area (Å²) < 4.78 is 6.81. The highest BCUT2D eigenvalue weighted by Crippen LogP contribution is 2.31. The third-order valence-corrected chi connectivity index (χ3v) is 6.46. The van der Waals surface area contributed by atoms with Crippen molar-refractivity contribution in [1.82, 2.24) is 9.97 Å². The standard InChI is InChI=1S/C23H17N3O2S2/c1-14-6-11-18-20(12-14)30-22(25-18)15-7-9-16(10-8-15)24-21(27)13-29-23-26-17-4-2-3-5-19(17)28-23/h2-12H,13H2,1H3,(H,24,27). The number of nitrogens with zero attached hydrogens (tertiary/aromatic N) is 2. The Bertz CT molecular complexity index is 1320. The highest BCUT2D eigenvalue weighted by molar-refractivity contribution is 7.99. The number of thiazole rings is 1. The Morgan fingerprint density at radius 3 is 2.70 bits per heavy atom. The average Bonchev–Trinajstić information content (AvgIpc) is 3.36. The van der Waals surface area contributed by atoms with Gasteiger partial charge in [0.05, 0.1) is 16.0 Å². The maximum atomic E-state index is 12.3. The van der Waals surface area contributed by atoms with E-state index in [1.807, 2.05) is 54.6 Å². The Morgan fingerprint density at radius 2 is 1.87 bits per heavy atom. The van der Waals surface area contributed by atoms with Gasteiger partial charge in [-0.15, -0.1) is 11.3 Å². The first-order valence-electron chi connectivity index (χ1n) is 9.40. The number of anilines is 1. The number of hydrogen-bond acceptors (Lipinski definition) is 6. The molecule has 30 heavy (non-hydrogen) atoms. The van der Waals surface area contributed by atoms with E-state index in [-0.39, 0.29) is 11.7 Å². The summed E-state index contributed by atoms with van der Waals surface area (Å²) >= 11 is 2.95. The Labute approximate surface area is 181 Å². The number of oxazole rings is 1. The molecule has 0 saturated carbocycles. The molecule has 148 valence electrons. The van der Waals surface area contributed by atoms with Gasteiger partial charge in [0.15, 0.2) is 5.58 Å². The molecule has 0 atom stereocenters. The van der Waals surface area contributed by atoms with Crippen LogP contribution in [-0.2, 0) is 4.79 Å². The van der Waals surface area contributed by atoms with Crippen molar-refractivity contribution in [3.8, 4) is 10.6 Å². The lowest BCUT2D eigenvalue weighted by Crippen LogP contribution is -2.13. The Balaban J connectivity index is 1.23. The summed E-state index contributed by atoms with van der Waals surface area (Å²) in [6.45, 7) is 2.08. The molecule has 2 aromatic heterocycles. The lowest BCUT2D eigenvalue weighted by atomic mass is 10.2. The maximum Gasteiger partial charge on any atom is 0.257 e. The van der Waals surface area contributed by atoms with Crippen LogP contribution in [0.4, 0.5) is 5.69 Å². The van der Waals surface area contributed by atoms with Gasteiger partial charge in [-0.2, -0.15) is 0 Å². The lowest BCUT2D eigenvalue weighted by Gasteiger charge is -2.05. The van der Waals surface area contributed by atoms with E-state index in [1.165, 1.54) is 22.0 Å². The molecular weight excluding hydrogens is 414 g/mol. The molecule has 0 aliphatic rings. The van der Waals surface area contributed by atoms with Gasteiger partial charge in [-0.25, -0.2) is 9.97 Å². The van der Waals surface area contributed by atoms with Gasteiger partial charge < -0.3 is 9.73 Å². The first-order chi connectivity index (χ1) is 14.6. The van der Waals surface area contributed by atoms with E-state index in [0.717, 1.165) is 32.9 Å². The summed E-state index contributed by atoms with van der Waals surface area (Å²) in [4.78, 5) is 21.4. The van der Waals surface area contributed by atoms with E-state index < -0.39 is 0 Å². The van der Waals surface area contributed by atoms with Crippen molar-refractivity contribution in [1.29, 1.82) is 0 Å². The van der Waals surface area contributed by atoms with Crippen LogP contribution in [0.1, 0.15) is 5.56 Å². The van der Waals surface area contributed by atoms with Gasteiger partial charge in [0, 0.05) is 11.3 Å². The molecule has 0 aliphatic heterocycles. The van der Waals surface area contributed by atoms with E-state index in [4.69, 9.17) is 9.40 Å². The minimum Gasteiger partial charge on any atom is -0.431 e. The number of fused-ring (bicyclic) bond motifs is 2. The summed E-state index contributed by atoms with van der Waals surface area (Å²) in [5.41, 5.74) is 5.54. The Kier molecular flexibility index (Phi) is 4.98. The molecule has 0 radical (unpaired) electrons. The van der Waals surface area contributed by atoms with Crippen molar-refractivity contribution in [2.24, 2.45) is 0 Å². The smallest absolute Gasteiger partial charge is 0.257 e. The van der Waals surface area contributed by atoms with E-state index in [1.54, 1.807) is 11.3 Å². The predicted octanol–water partition coefficient (Wildman–Crippen LogP) is 6.14. The molecule has 0 fully saturated rings. The van der Waals surface area contributed by atoms with Crippen molar-refractivity contribution in [2.75, 3.05) is 11.1 Å². The number of aryl methyl sites for hydroxylation is 1. The summed E-state index contributed by atoms with van der Waals surface area (Å²) in [7, 11) is 0. The number of amides is 1. The number of aromatic nitrogens is 2. The molecule has 3 aromatic carbocycles. The summed E-state index contributed by atoms with van der Waals surface area (Å²) in [6, 6.07) is 21.6. The fourth-order valence-corrected chi connectivity index (χ4v) is 4.80. The number of benzene rings is 3. The van der Waals surface area contributed by atoms with Gasteiger partial charge in [-0.1, -0.05) is 30.0 Å². The third-order valence-electron chi connectivity index (χ3n) is 4.56. The lowest BCUT2D eigenvalue weighted by molar-refractivity contribution is -0.113. The van der Waals surface area contributed by atoms with Crippen LogP contribution in [-0.4, -0.2) is 21.6 Å². The van der Waals surface area contributed by atoms with Gasteiger partial charge in [0.1, 0.15) is 10.5 Å². The summed E-state index contributed by atoms with van der Waals surface area (Å²) in [5, 5.41) is 4.38. The number of nitrogens with one attached hydrogen (secondary N) is 1. The van der Waals surface area contributed by atoms with Crippen LogP contribution in [0.15, 0.2) is 76.4 Å². The predicted molar refractivity (Wildman–Crippen MR) is 123 cm³/mol. The second-order valence-electron chi connectivity index (χ2n) is 6.85. The van der Waals surface area contributed by atoms with E-state index >= 15 is 0 Å². The number of para-hydroxylation sites is 2. The van der Waals surface area contributed by atoms with Crippen LogP contribution in [0.2, 0.25) is 0 Å². The van der Waals surface area contributed by atoms with E-state index in [9.17, 15) is 4.79 Å². The van der Waals surface area contributed by atoms with Crippen LogP contribution in [0.25, 0.3) is 31.9 Å². The normalized spacial score (nSPS) is 11.2. The monoisotopic (exact) mass is 431 g/mol. The Morgan fingerprint density at radius 1 is 1.03 bits per heavy atom. The zero-order chi connectivity index (χ0) is 20.5. The summed E-state index contributed by atoms with van der Waals surface area (Å²) in [6.07, 6.45) is 0. The van der Waals surface area contributed by atoms with Crippen LogP contribution in [0.5, 0.6) is 0 Å². The number of thioether (sulfide) groups is 1. The first kappa shape index (κ1) is 18.8. The highest BCUT2D eigenvalue weighted by Gasteiger charge is 2.10. The van der Waals surface area contributed by atoms with Gasteiger partial charge in [-0.05, 0) is 61.0 Å². The minimum atomic E-state index is -0.106. The van der Waals surface area contributed by atoms with Crippen molar-refractivity contribution < 1.29 is 9.21 Å². The third kappa shape index (κ3) is 3.94. The molecule has 5 aromatic rings. The molecule has 0 spiro atoms. The molecule has 1 amide bonds. The van der Waals surface area contributed by atoms with Crippen LogP contribution >= 0.6 is 23.1 Å². The minimum absolute atomic E-state index is 0.106. The number of carbonyl (C=O) groups is 1. The van der Waals surface area contributed by atoms with Crippen molar-refractivity contribution >= 4 is 56.0 Å². The Hall–Kier alpha value is -3.16. The van der Waals surface area contributed by atoms with E-state index in [2.05, 4.69) is 29.4 Å². The number of hydrogen-bond donors (Lipinski definition) is 1. The molecule has 7 heteroatoms. The molecule has 5 nitrogen and oxygen atoms in total. The van der Waals surface area contributed by atoms with Gasteiger partial charge in [0.2, 0.25) is 5.91 Å². The fraction of sp³-hybridized carbons (Fsp3) is 0.0870. The molecule has 2 heterocycles. The van der Waals surface area contributed by atoms with Crippen LogP contribution < -0.4 is 5.32 Å². The highest BCUT2D eigenvalue weighted by atomic mass is 32.2.